The highest BCUT2D eigenvalue weighted by atomic mass is 32.1. The molecule has 0 radical (unpaired) electrons. The van der Waals surface area contributed by atoms with Crippen LogP contribution in [0.15, 0.2) is 53.9 Å². The molecule has 3 aromatic rings. The molecule has 2 aromatic carbocycles. The van der Waals surface area contributed by atoms with Crippen LogP contribution in [-0.4, -0.2) is 37.6 Å². The maximum Gasteiger partial charge on any atom is 0.289 e. The first-order chi connectivity index (χ1) is 14.1. The van der Waals surface area contributed by atoms with Gasteiger partial charge in [-0.3, -0.25) is 20.4 Å². The van der Waals surface area contributed by atoms with Crippen molar-refractivity contribution in [3.05, 3.63) is 59.6 Å². The van der Waals surface area contributed by atoms with E-state index in [-0.39, 0.29) is 12.2 Å². The molecule has 0 unspecified atom stereocenters. The Kier molecular flexibility index (Phi) is 6.64. The molecule has 1 heterocycles. The zero-order valence-electron chi connectivity index (χ0n) is 15.9. The number of anilines is 1. The number of carbonyl (C=O) groups is 2. The van der Waals surface area contributed by atoms with Crippen molar-refractivity contribution in [3.63, 3.8) is 0 Å². The highest BCUT2D eigenvalue weighted by Gasteiger charge is 2.15. The van der Waals surface area contributed by atoms with Crippen LogP contribution in [0.3, 0.4) is 0 Å². The molecule has 0 saturated heterocycles. The zero-order chi connectivity index (χ0) is 20.6. The third-order valence-electron chi connectivity index (χ3n) is 3.94. The summed E-state index contributed by atoms with van der Waals surface area (Å²) in [5.74, 6) is 0.373. The van der Waals surface area contributed by atoms with E-state index in [0.29, 0.717) is 22.2 Å². The van der Waals surface area contributed by atoms with Crippen molar-refractivity contribution in [1.82, 2.24) is 15.8 Å². The van der Waals surface area contributed by atoms with Crippen molar-refractivity contribution in [2.75, 3.05) is 26.1 Å². The van der Waals surface area contributed by atoms with Gasteiger partial charge in [-0.1, -0.05) is 24.3 Å². The molecule has 0 aliphatic rings. The fraction of sp³-hybridized carbons (Fsp3) is 0.150. The fourth-order valence-corrected chi connectivity index (χ4v) is 3.35. The van der Waals surface area contributed by atoms with E-state index in [2.05, 4.69) is 21.2 Å². The van der Waals surface area contributed by atoms with Gasteiger partial charge in [-0.25, -0.2) is 4.98 Å². The molecule has 3 N–H and O–H groups in total. The monoisotopic (exact) mass is 412 g/mol. The summed E-state index contributed by atoms with van der Waals surface area (Å²) in [4.78, 5) is 28.6. The lowest BCUT2D eigenvalue weighted by atomic mass is 10.2. The number of nitrogens with one attached hydrogen (secondary N) is 3. The number of carbonyl (C=O) groups excluding carboxylic acids is 2. The van der Waals surface area contributed by atoms with E-state index >= 15 is 0 Å². The van der Waals surface area contributed by atoms with E-state index in [1.807, 2.05) is 36.4 Å². The molecule has 0 aliphatic carbocycles. The van der Waals surface area contributed by atoms with E-state index in [4.69, 9.17) is 9.47 Å². The van der Waals surface area contributed by atoms with Crippen molar-refractivity contribution in [2.45, 2.75) is 0 Å². The lowest BCUT2D eigenvalue weighted by Crippen LogP contribution is -2.44. The predicted molar refractivity (Wildman–Crippen MR) is 111 cm³/mol. The van der Waals surface area contributed by atoms with Gasteiger partial charge >= 0.3 is 0 Å². The quantitative estimate of drug-likeness (QED) is 0.516. The number of ether oxygens (including phenoxy) is 2. The van der Waals surface area contributed by atoms with Crippen LogP contribution in [0.1, 0.15) is 10.5 Å². The van der Waals surface area contributed by atoms with Gasteiger partial charge in [0.2, 0.25) is 0 Å². The second-order valence-electron chi connectivity index (χ2n) is 5.79. The lowest BCUT2D eigenvalue weighted by molar-refractivity contribution is -0.120. The molecule has 9 heteroatoms. The van der Waals surface area contributed by atoms with Crippen LogP contribution in [-0.2, 0) is 4.79 Å². The number of hydrogen-bond acceptors (Lipinski definition) is 7. The van der Waals surface area contributed by atoms with Crippen LogP contribution >= 0.6 is 11.3 Å². The minimum Gasteiger partial charge on any atom is -0.496 e. The van der Waals surface area contributed by atoms with Crippen molar-refractivity contribution >= 4 is 28.8 Å². The van der Waals surface area contributed by atoms with Crippen LogP contribution in [0.4, 0.5) is 5.69 Å². The molecular formula is C20H20N4O4S. The van der Waals surface area contributed by atoms with Gasteiger partial charge in [0, 0.05) is 5.38 Å². The third kappa shape index (κ3) is 5.02. The summed E-state index contributed by atoms with van der Waals surface area (Å²) in [5.41, 5.74) is 6.39. The second-order valence-corrected chi connectivity index (χ2v) is 6.65. The molecule has 0 atom stereocenters. The van der Waals surface area contributed by atoms with E-state index in [1.54, 1.807) is 31.7 Å². The van der Waals surface area contributed by atoms with Crippen molar-refractivity contribution in [3.8, 4) is 22.1 Å². The van der Waals surface area contributed by atoms with Gasteiger partial charge in [-0.15, -0.1) is 11.3 Å². The summed E-state index contributed by atoms with van der Waals surface area (Å²) in [6.07, 6.45) is 0. The first-order valence-electron chi connectivity index (χ1n) is 8.67. The van der Waals surface area contributed by atoms with E-state index in [1.165, 1.54) is 11.3 Å². The number of rotatable bonds is 7. The number of benzene rings is 2. The molecule has 0 spiro atoms. The molecule has 3 rings (SSSR count). The highest BCUT2D eigenvalue weighted by Crippen LogP contribution is 2.31. The number of methoxy groups -OCH3 is 2. The van der Waals surface area contributed by atoms with Crippen LogP contribution in [0, 0.1) is 0 Å². The molecule has 0 fully saturated rings. The number of hydrogen-bond donors (Lipinski definition) is 3. The van der Waals surface area contributed by atoms with Gasteiger partial charge in [-0.2, -0.15) is 0 Å². The normalized spacial score (nSPS) is 10.1. The van der Waals surface area contributed by atoms with Crippen LogP contribution < -0.4 is 25.6 Å². The third-order valence-corrected chi connectivity index (χ3v) is 4.81. The Hall–Kier alpha value is -3.59. The molecule has 0 saturated carbocycles. The first kappa shape index (κ1) is 20.2. The largest absolute Gasteiger partial charge is 0.496 e. The number of thiazole rings is 1. The Balaban J connectivity index is 1.54. The first-order valence-corrected chi connectivity index (χ1v) is 9.55. The number of aromatic nitrogens is 1. The molecule has 0 aliphatic heterocycles. The predicted octanol–water partition coefficient (Wildman–Crippen LogP) is 2.70. The fourth-order valence-electron chi connectivity index (χ4n) is 2.52. The molecule has 2 amide bonds. The summed E-state index contributed by atoms with van der Waals surface area (Å²) in [5, 5.41) is 5.22. The Bertz CT molecular complexity index is 1010. The highest BCUT2D eigenvalue weighted by molar-refractivity contribution is 7.13. The smallest absolute Gasteiger partial charge is 0.289 e. The second kappa shape index (κ2) is 9.56. The van der Waals surface area contributed by atoms with Crippen molar-refractivity contribution in [2.24, 2.45) is 0 Å². The van der Waals surface area contributed by atoms with Gasteiger partial charge in [0.1, 0.15) is 22.2 Å². The van der Waals surface area contributed by atoms with Crippen LogP contribution in [0.25, 0.3) is 10.6 Å². The molecule has 0 bridgehead atoms. The Labute approximate surface area is 171 Å². The van der Waals surface area contributed by atoms with E-state index in [9.17, 15) is 9.59 Å². The Morgan fingerprint density at radius 3 is 2.41 bits per heavy atom. The zero-order valence-corrected chi connectivity index (χ0v) is 16.7. The number of hydrazine groups is 1. The molecule has 29 heavy (non-hydrogen) atoms. The van der Waals surface area contributed by atoms with Gasteiger partial charge in [-0.05, 0) is 24.3 Å². The topological polar surface area (TPSA) is 102 Å². The minimum atomic E-state index is -0.506. The minimum absolute atomic E-state index is 0.0375. The maximum absolute atomic E-state index is 12.3. The standard InChI is InChI=1S/C20H20N4O4S/c1-27-16-9-5-3-7-13(16)20-22-15(12-29-20)19(26)24-23-18(25)11-21-14-8-4-6-10-17(14)28-2/h3-10,12,21H,11H2,1-2H3,(H,23,25)(H,24,26). The number of amides is 2. The molecule has 150 valence electrons. The summed E-state index contributed by atoms with van der Waals surface area (Å²) < 4.78 is 10.5. The summed E-state index contributed by atoms with van der Waals surface area (Å²) in [7, 11) is 3.13. The van der Waals surface area contributed by atoms with Crippen LogP contribution in [0.5, 0.6) is 11.5 Å². The SMILES string of the molecule is COc1ccccc1NCC(=O)NNC(=O)c1csc(-c2ccccc2OC)n1. The number of para-hydroxylation sites is 3. The van der Waals surface area contributed by atoms with E-state index < -0.39 is 11.8 Å². The Morgan fingerprint density at radius 1 is 0.966 bits per heavy atom. The summed E-state index contributed by atoms with van der Waals surface area (Å²) in [6.45, 7) is -0.0375. The molecule has 1 aromatic heterocycles. The number of nitrogens with zero attached hydrogens (tertiary/aromatic N) is 1. The summed E-state index contributed by atoms with van der Waals surface area (Å²) >= 11 is 1.32. The van der Waals surface area contributed by atoms with Crippen LogP contribution in [0.2, 0.25) is 0 Å². The van der Waals surface area contributed by atoms with Crippen molar-refractivity contribution < 1.29 is 19.1 Å². The van der Waals surface area contributed by atoms with Gasteiger partial charge in [0.05, 0.1) is 32.0 Å². The average Bonchev–Trinajstić information content (AvgIpc) is 3.26. The van der Waals surface area contributed by atoms with Gasteiger partial charge in [0.15, 0.2) is 0 Å². The van der Waals surface area contributed by atoms with E-state index in [0.717, 1.165) is 5.56 Å². The van der Waals surface area contributed by atoms with Gasteiger partial charge < -0.3 is 14.8 Å². The average molecular weight is 412 g/mol. The molecule has 8 nitrogen and oxygen atoms in total. The Morgan fingerprint density at radius 2 is 1.66 bits per heavy atom. The van der Waals surface area contributed by atoms with Gasteiger partial charge in [0.25, 0.3) is 11.8 Å². The summed E-state index contributed by atoms with van der Waals surface area (Å²) in [6, 6.07) is 14.6. The van der Waals surface area contributed by atoms with Crippen molar-refractivity contribution in [1.29, 1.82) is 0 Å². The maximum atomic E-state index is 12.3. The molecular weight excluding hydrogens is 392 g/mol. The lowest BCUT2D eigenvalue weighted by Gasteiger charge is -2.11.